The van der Waals surface area contributed by atoms with E-state index < -0.39 is 5.97 Å². The fourth-order valence-electron chi connectivity index (χ4n) is 1.76. The zero-order valence-electron chi connectivity index (χ0n) is 13.5. The number of hydrogen-bond donors (Lipinski definition) is 0. The van der Waals surface area contributed by atoms with E-state index in [1.807, 2.05) is 0 Å². The normalized spacial score (nSPS) is 12.2. The molecule has 0 rings (SSSR count). The second-order valence-electron chi connectivity index (χ2n) is 5.04. The lowest BCUT2D eigenvalue weighted by Crippen LogP contribution is -2.40. The summed E-state index contributed by atoms with van der Waals surface area (Å²) >= 11 is 0. The first-order chi connectivity index (χ1) is 9.24. The van der Waals surface area contributed by atoms with E-state index in [0.717, 1.165) is 81.1 Å². The second-order valence-corrected chi connectivity index (χ2v) is 6.04. The Morgan fingerprint density at radius 3 is 1.37 bits per heavy atom. The van der Waals surface area contributed by atoms with Crippen LogP contribution < -0.4 is 0 Å². The van der Waals surface area contributed by atoms with Crippen molar-refractivity contribution in [2.24, 2.45) is 0 Å². The molecule has 0 N–H and O–H groups in total. The summed E-state index contributed by atoms with van der Waals surface area (Å²) < 4.78 is 17.9. The van der Waals surface area contributed by atoms with E-state index in [1.54, 1.807) is 0 Å². The van der Waals surface area contributed by atoms with Gasteiger partial charge in [0.1, 0.15) is 0 Å². The van der Waals surface area contributed by atoms with E-state index in [0.29, 0.717) is 0 Å². The van der Waals surface area contributed by atoms with E-state index in [-0.39, 0.29) is 0 Å². The van der Waals surface area contributed by atoms with Gasteiger partial charge in [0.25, 0.3) is 5.97 Å². The minimum absolute atomic E-state index is 0.732. The smallest absolute Gasteiger partial charge is 0.282 e. The van der Waals surface area contributed by atoms with Crippen LogP contribution in [-0.2, 0) is 14.2 Å². The molecule has 0 amide bonds. The largest absolute Gasteiger partial charge is 0.327 e. The van der Waals surface area contributed by atoms with E-state index in [4.69, 9.17) is 14.2 Å². The van der Waals surface area contributed by atoms with Gasteiger partial charge in [-0.05, 0) is 19.3 Å². The monoisotopic (exact) mass is 290 g/mol. The molecule has 0 unspecified atom stereocenters. The lowest BCUT2D eigenvalue weighted by molar-refractivity contribution is -0.382. The third-order valence-electron chi connectivity index (χ3n) is 3.02. The third kappa shape index (κ3) is 9.60. The van der Waals surface area contributed by atoms with Crippen LogP contribution in [0.25, 0.3) is 0 Å². The van der Waals surface area contributed by atoms with E-state index in [1.165, 1.54) is 0 Å². The standard InChI is InChI=1S/C15H34O3Si/c1-4-7-11-16-15(10-14-19,17-12-8-5-2)18-13-9-6-3/h4-14H2,1-3,19H3. The van der Waals surface area contributed by atoms with E-state index >= 15 is 0 Å². The van der Waals surface area contributed by atoms with Gasteiger partial charge in [-0.15, -0.1) is 0 Å². The topological polar surface area (TPSA) is 27.7 Å². The summed E-state index contributed by atoms with van der Waals surface area (Å²) in [6.45, 7) is 8.72. The van der Waals surface area contributed by atoms with Crippen molar-refractivity contribution in [2.45, 2.75) is 77.7 Å². The zero-order valence-corrected chi connectivity index (χ0v) is 15.5. The Hall–Kier alpha value is 0.0969. The van der Waals surface area contributed by atoms with Crippen LogP contribution in [0.4, 0.5) is 0 Å². The molecule has 0 aromatic heterocycles. The molecule has 0 heterocycles. The summed E-state index contributed by atoms with van der Waals surface area (Å²) in [4.78, 5) is 0. The summed E-state index contributed by atoms with van der Waals surface area (Å²) in [6.07, 6.45) is 7.49. The van der Waals surface area contributed by atoms with Gasteiger partial charge in [-0.3, -0.25) is 0 Å². The highest BCUT2D eigenvalue weighted by atomic mass is 28.1. The maximum atomic E-state index is 5.98. The van der Waals surface area contributed by atoms with Crippen molar-refractivity contribution in [1.82, 2.24) is 0 Å². The zero-order chi connectivity index (χ0) is 14.4. The van der Waals surface area contributed by atoms with Crippen LogP contribution in [0.1, 0.15) is 65.7 Å². The predicted octanol–water partition coefficient (Wildman–Crippen LogP) is 3.26. The highest BCUT2D eigenvalue weighted by Gasteiger charge is 2.32. The molecule has 0 bridgehead atoms. The van der Waals surface area contributed by atoms with Crippen molar-refractivity contribution in [3.63, 3.8) is 0 Å². The minimum atomic E-state index is -0.763. The highest BCUT2D eigenvalue weighted by molar-refractivity contribution is 6.08. The molecule has 0 aromatic rings. The van der Waals surface area contributed by atoms with E-state index in [2.05, 4.69) is 20.8 Å². The SMILES string of the molecule is CCCCOC(CC[SiH3])(OCCCC)OCCCC. The molecule has 3 nitrogen and oxygen atoms in total. The maximum absolute atomic E-state index is 5.98. The summed E-state index contributed by atoms with van der Waals surface area (Å²) in [5, 5.41) is 0. The van der Waals surface area contributed by atoms with E-state index in [9.17, 15) is 0 Å². The third-order valence-corrected chi connectivity index (χ3v) is 3.52. The number of rotatable bonds is 14. The van der Waals surface area contributed by atoms with Gasteiger partial charge in [0.15, 0.2) is 0 Å². The first-order valence-electron chi connectivity index (χ1n) is 8.16. The number of ether oxygens (including phenoxy) is 3. The van der Waals surface area contributed by atoms with Crippen molar-refractivity contribution in [1.29, 1.82) is 0 Å². The highest BCUT2D eigenvalue weighted by Crippen LogP contribution is 2.23. The van der Waals surface area contributed by atoms with Gasteiger partial charge in [-0.25, -0.2) is 0 Å². The van der Waals surface area contributed by atoms with Crippen molar-refractivity contribution in [3.8, 4) is 0 Å². The fourth-order valence-corrected chi connectivity index (χ4v) is 2.38. The molecule has 0 aliphatic heterocycles. The van der Waals surface area contributed by atoms with Crippen molar-refractivity contribution < 1.29 is 14.2 Å². The summed E-state index contributed by atoms with van der Waals surface area (Å²) in [7, 11) is 1.16. The Morgan fingerprint density at radius 2 is 1.11 bits per heavy atom. The summed E-state index contributed by atoms with van der Waals surface area (Å²) in [5.41, 5.74) is 0. The Bertz CT molecular complexity index is 162. The van der Waals surface area contributed by atoms with Crippen LogP contribution in [0.15, 0.2) is 0 Å². The summed E-state index contributed by atoms with van der Waals surface area (Å²) in [6, 6.07) is 1.14. The molecule has 0 saturated heterocycles. The van der Waals surface area contributed by atoms with Gasteiger partial charge in [0, 0.05) is 16.7 Å². The molecule has 19 heavy (non-hydrogen) atoms. The Kier molecular flexibility index (Phi) is 13.2. The average Bonchev–Trinajstić information content (AvgIpc) is 2.40. The van der Waals surface area contributed by atoms with Gasteiger partial charge in [0.2, 0.25) is 0 Å². The molecule has 116 valence electrons. The molecule has 0 saturated carbocycles. The fraction of sp³-hybridized carbons (Fsp3) is 1.00. The van der Waals surface area contributed by atoms with Gasteiger partial charge in [-0.2, -0.15) is 0 Å². The Balaban J connectivity index is 4.37. The molecule has 0 fully saturated rings. The Morgan fingerprint density at radius 1 is 0.737 bits per heavy atom. The van der Waals surface area contributed by atoms with Crippen LogP contribution in [0.2, 0.25) is 6.04 Å². The first-order valence-corrected chi connectivity index (χ1v) is 9.57. The van der Waals surface area contributed by atoms with Crippen molar-refractivity contribution >= 4 is 10.2 Å². The van der Waals surface area contributed by atoms with Crippen LogP contribution in [0.5, 0.6) is 0 Å². The van der Waals surface area contributed by atoms with Crippen LogP contribution in [-0.4, -0.2) is 36.0 Å². The average molecular weight is 291 g/mol. The molecular formula is C15H34O3Si. The van der Waals surface area contributed by atoms with Gasteiger partial charge in [0.05, 0.1) is 19.8 Å². The van der Waals surface area contributed by atoms with Gasteiger partial charge >= 0.3 is 0 Å². The van der Waals surface area contributed by atoms with Crippen LogP contribution in [0.3, 0.4) is 0 Å². The van der Waals surface area contributed by atoms with Crippen LogP contribution >= 0.6 is 0 Å². The molecule has 0 aliphatic carbocycles. The lowest BCUT2D eigenvalue weighted by atomic mass is 10.3. The molecule has 4 heteroatoms. The second kappa shape index (κ2) is 13.1. The Labute approximate surface area is 122 Å². The van der Waals surface area contributed by atoms with Crippen molar-refractivity contribution in [3.05, 3.63) is 0 Å². The molecule has 0 aliphatic rings. The molecule has 0 spiro atoms. The number of hydrogen-bond acceptors (Lipinski definition) is 3. The maximum Gasteiger partial charge on any atom is 0.282 e. The van der Waals surface area contributed by atoms with Gasteiger partial charge in [-0.1, -0.05) is 46.1 Å². The minimum Gasteiger partial charge on any atom is -0.327 e. The lowest BCUT2D eigenvalue weighted by Gasteiger charge is -2.33. The molecule has 0 radical (unpaired) electrons. The quantitative estimate of drug-likeness (QED) is 0.279. The van der Waals surface area contributed by atoms with Crippen molar-refractivity contribution in [2.75, 3.05) is 19.8 Å². The van der Waals surface area contributed by atoms with Gasteiger partial charge < -0.3 is 14.2 Å². The van der Waals surface area contributed by atoms with Crippen LogP contribution in [0, 0.1) is 0 Å². The first kappa shape index (κ1) is 19.1. The molecular weight excluding hydrogens is 256 g/mol. The molecule has 0 atom stereocenters. The number of unbranched alkanes of at least 4 members (excludes halogenated alkanes) is 3. The summed E-state index contributed by atoms with van der Waals surface area (Å²) in [5.74, 6) is -0.763. The predicted molar refractivity (Wildman–Crippen MR) is 84.7 cm³/mol. The molecule has 0 aromatic carbocycles.